The predicted octanol–water partition coefficient (Wildman–Crippen LogP) is 2.62. The van der Waals surface area contributed by atoms with E-state index < -0.39 is 6.04 Å². The molecule has 0 aliphatic rings. The van der Waals surface area contributed by atoms with Crippen molar-refractivity contribution < 1.29 is 4.79 Å². The minimum Gasteiger partial charge on any atom is -0.325 e. The summed E-state index contributed by atoms with van der Waals surface area (Å²) in [5.74, 6) is -0.138. The van der Waals surface area contributed by atoms with Gasteiger partial charge in [-0.2, -0.15) is 0 Å². The Bertz CT molecular complexity index is 419. The molecular weight excluding hydrogens is 212 g/mol. The van der Waals surface area contributed by atoms with Gasteiger partial charge >= 0.3 is 0 Å². The zero-order valence-electron chi connectivity index (χ0n) is 11.3. The van der Waals surface area contributed by atoms with Gasteiger partial charge in [0.25, 0.3) is 0 Å². The molecule has 1 aromatic rings. The van der Waals surface area contributed by atoms with Crippen molar-refractivity contribution in [2.75, 3.05) is 5.32 Å². The van der Waals surface area contributed by atoms with Crippen LogP contribution in [0, 0.1) is 19.3 Å². The number of hydrogen-bond acceptors (Lipinski definition) is 2. The van der Waals surface area contributed by atoms with Gasteiger partial charge in [-0.3, -0.25) is 4.79 Å². The van der Waals surface area contributed by atoms with Crippen LogP contribution in [-0.4, -0.2) is 11.9 Å². The second-order valence-electron chi connectivity index (χ2n) is 5.63. The van der Waals surface area contributed by atoms with Gasteiger partial charge in [0, 0.05) is 5.69 Å². The number of benzene rings is 1. The van der Waals surface area contributed by atoms with Crippen LogP contribution in [-0.2, 0) is 4.79 Å². The number of carbonyl (C=O) groups is 1. The summed E-state index contributed by atoms with van der Waals surface area (Å²) in [7, 11) is 0. The van der Waals surface area contributed by atoms with Crippen LogP contribution in [0.3, 0.4) is 0 Å². The first kappa shape index (κ1) is 13.7. The van der Waals surface area contributed by atoms with E-state index in [4.69, 9.17) is 5.73 Å². The fourth-order valence-corrected chi connectivity index (χ4v) is 1.43. The van der Waals surface area contributed by atoms with Crippen molar-refractivity contribution in [1.29, 1.82) is 0 Å². The van der Waals surface area contributed by atoms with E-state index in [1.54, 1.807) is 0 Å². The van der Waals surface area contributed by atoms with Gasteiger partial charge in [0.15, 0.2) is 0 Å². The molecule has 0 unspecified atom stereocenters. The Morgan fingerprint density at radius 2 is 1.82 bits per heavy atom. The average molecular weight is 234 g/mol. The van der Waals surface area contributed by atoms with Crippen LogP contribution in [0.25, 0.3) is 0 Å². The largest absolute Gasteiger partial charge is 0.325 e. The lowest BCUT2D eigenvalue weighted by molar-refractivity contribution is -0.119. The number of nitrogens with two attached hydrogens (primary N) is 1. The average Bonchev–Trinajstić information content (AvgIpc) is 2.21. The van der Waals surface area contributed by atoms with Crippen LogP contribution >= 0.6 is 0 Å². The van der Waals surface area contributed by atoms with Gasteiger partial charge in [-0.05, 0) is 42.5 Å². The minimum atomic E-state index is -0.510. The lowest BCUT2D eigenvalue weighted by Gasteiger charge is -2.25. The van der Waals surface area contributed by atoms with Crippen molar-refractivity contribution in [1.82, 2.24) is 0 Å². The molecule has 0 bridgehead atoms. The smallest absolute Gasteiger partial charge is 0.241 e. The summed E-state index contributed by atoms with van der Waals surface area (Å²) in [6.45, 7) is 9.93. The third kappa shape index (κ3) is 3.56. The number of aryl methyl sites for hydroxylation is 2. The third-order valence-corrected chi connectivity index (χ3v) is 2.99. The van der Waals surface area contributed by atoms with E-state index in [1.165, 1.54) is 5.56 Å². The Kier molecular flexibility index (Phi) is 3.94. The van der Waals surface area contributed by atoms with Gasteiger partial charge in [0.1, 0.15) is 0 Å². The standard InChI is InChI=1S/C14H22N2O/c1-9-6-7-11(8-10(9)2)16-13(17)12(15)14(3,4)5/h6-8,12H,15H2,1-5H3,(H,16,17)/t12-/m0/s1. The van der Waals surface area contributed by atoms with E-state index in [0.717, 1.165) is 11.3 Å². The number of amides is 1. The lowest BCUT2D eigenvalue weighted by Crippen LogP contribution is -2.45. The first-order chi connectivity index (χ1) is 7.71. The van der Waals surface area contributed by atoms with Crippen molar-refractivity contribution >= 4 is 11.6 Å². The molecule has 0 aliphatic heterocycles. The predicted molar refractivity (Wildman–Crippen MR) is 72.0 cm³/mol. The van der Waals surface area contributed by atoms with Crippen LogP contribution in [0.5, 0.6) is 0 Å². The number of hydrogen-bond donors (Lipinski definition) is 2. The summed E-state index contributed by atoms with van der Waals surface area (Å²) in [6.07, 6.45) is 0. The van der Waals surface area contributed by atoms with Crippen molar-refractivity contribution in [2.24, 2.45) is 11.1 Å². The molecule has 0 aliphatic carbocycles. The van der Waals surface area contributed by atoms with E-state index in [1.807, 2.05) is 52.8 Å². The summed E-state index contributed by atoms with van der Waals surface area (Å²) in [5.41, 5.74) is 8.84. The van der Waals surface area contributed by atoms with Gasteiger partial charge in [0.2, 0.25) is 5.91 Å². The zero-order chi connectivity index (χ0) is 13.2. The number of rotatable bonds is 2. The van der Waals surface area contributed by atoms with Crippen molar-refractivity contribution in [3.8, 4) is 0 Å². The molecular formula is C14H22N2O. The minimum absolute atomic E-state index is 0.138. The topological polar surface area (TPSA) is 55.1 Å². The molecule has 1 rings (SSSR count). The fourth-order valence-electron chi connectivity index (χ4n) is 1.43. The number of nitrogens with one attached hydrogen (secondary N) is 1. The van der Waals surface area contributed by atoms with Gasteiger partial charge < -0.3 is 11.1 Å². The molecule has 0 spiro atoms. The van der Waals surface area contributed by atoms with Gasteiger partial charge in [0.05, 0.1) is 6.04 Å². The SMILES string of the molecule is Cc1ccc(NC(=O)[C@H](N)C(C)(C)C)cc1C. The van der Waals surface area contributed by atoms with Crippen LogP contribution in [0.2, 0.25) is 0 Å². The highest BCUT2D eigenvalue weighted by Gasteiger charge is 2.27. The van der Waals surface area contributed by atoms with Crippen LogP contribution in [0.4, 0.5) is 5.69 Å². The second-order valence-corrected chi connectivity index (χ2v) is 5.63. The van der Waals surface area contributed by atoms with Crippen molar-refractivity contribution in [3.05, 3.63) is 29.3 Å². The van der Waals surface area contributed by atoms with Crippen LogP contribution < -0.4 is 11.1 Å². The molecule has 3 nitrogen and oxygen atoms in total. The Morgan fingerprint density at radius 3 is 2.29 bits per heavy atom. The Morgan fingerprint density at radius 1 is 1.24 bits per heavy atom. The Labute approximate surface area is 103 Å². The summed E-state index contributed by atoms with van der Waals surface area (Å²) in [5, 5.41) is 2.85. The fraction of sp³-hybridized carbons (Fsp3) is 0.500. The molecule has 0 radical (unpaired) electrons. The molecule has 0 heterocycles. The maximum Gasteiger partial charge on any atom is 0.241 e. The third-order valence-electron chi connectivity index (χ3n) is 2.99. The van der Waals surface area contributed by atoms with E-state index in [2.05, 4.69) is 5.32 Å². The lowest BCUT2D eigenvalue weighted by atomic mass is 9.87. The Balaban J connectivity index is 2.78. The van der Waals surface area contributed by atoms with E-state index >= 15 is 0 Å². The molecule has 3 heteroatoms. The van der Waals surface area contributed by atoms with E-state index in [-0.39, 0.29) is 11.3 Å². The molecule has 3 N–H and O–H groups in total. The molecule has 17 heavy (non-hydrogen) atoms. The highest BCUT2D eigenvalue weighted by molar-refractivity contribution is 5.95. The molecule has 1 atom stereocenters. The summed E-state index contributed by atoms with van der Waals surface area (Å²) < 4.78 is 0. The maximum atomic E-state index is 11.9. The van der Waals surface area contributed by atoms with Gasteiger partial charge in [-0.25, -0.2) is 0 Å². The molecule has 94 valence electrons. The Hall–Kier alpha value is -1.35. The molecule has 0 aromatic heterocycles. The van der Waals surface area contributed by atoms with Crippen molar-refractivity contribution in [2.45, 2.75) is 40.7 Å². The first-order valence-electron chi connectivity index (χ1n) is 5.85. The molecule has 1 aromatic carbocycles. The second kappa shape index (κ2) is 4.88. The van der Waals surface area contributed by atoms with Gasteiger partial charge in [-0.1, -0.05) is 26.8 Å². The highest BCUT2D eigenvalue weighted by Crippen LogP contribution is 2.20. The normalized spacial score (nSPS) is 13.3. The summed E-state index contributed by atoms with van der Waals surface area (Å²) >= 11 is 0. The maximum absolute atomic E-state index is 11.9. The van der Waals surface area contributed by atoms with Crippen molar-refractivity contribution in [3.63, 3.8) is 0 Å². The first-order valence-corrected chi connectivity index (χ1v) is 5.85. The number of carbonyl (C=O) groups excluding carboxylic acids is 1. The molecule has 0 saturated carbocycles. The summed E-state index contributed by atoms with van der Waals surface area (Å²) in [4.78, 5) is 11.9. The quantitative estimate of drug-likeness (QED) is 0.826. The molecule has 0 saturated heterocycles. The summed E-state index contributed by atoms with van der Waals surface area (Å²) in [6, 6.07) is 5.34. The van der Waals surface area contributed by atoms with E-state index in [9.17, 15) is 4.79 Å². The van der Waals surface area contributed by atoms with Gasteiger partial charge in [-0.15, -0.1) is 0 Å². The monoisotopic (exact) mass is 234 g/mol. The number of anilines is 1. The highest BCUT2D eigenvalue weighted by atomic mass is 16.2. The van der Waals surface area contributed by atoms with Crippen LogP contribution in [0.1, 0.15) is 31.9 Å². The zero-order valence-corrected chi connectivity index (χ0v) is 11.3. The molecule has 1 amide bonds. The van der Waals surface area contributed by atoms with Crippen LogP contribution in [0.15, 0.2) is 18.2 Å². The van der Waals surface area contributed by atoms with E-state index in [0.29, 0.717) is 0 Å². The molecule has 0 fully saturated rings.